The van der Waals surface area contributed by atoms with Crippen molar-refractivity contribution in [2.24, 2.45) is 5.41 Å². The monoisotopic (exact) mass is 173 g/mol. The molecule has 74 valence electrons. The summed E-state index contributed by atoms with van der Waals surface area (Å²) in [5.41, 5.74) is 0.0208. The van der Waals surface area contributed by atoms with Crippen molar-refractivity contribution in [1.82, 2.24) is 4.90 Å². The molecule has 0 saturated heterocycles. The predicted molar refractivity (Wildman–Crippen MR) is 53.2 cm³/mol. The van der Waals surface area contributed by atoms with E-state index in [2.05, 4.69) is 32.6 Å². The molecular formula is C10H23NO. The second-order valence-corrected chi connectivity index (χ2v) is 4.69. The van der Waals surface area contributed by atoms with Gasteiger partial charge in [0, 0.05) is 5.54 Å². The second kappa shape index (κ2) is 3.75. The highest BCUT2D eigenvalue weighted by molar-refractivity contribution is 4.96. The quantitative estimate of drug-likeness (QED) is 0.702. The normalized spacial score (nSPS) is 18.0. The average Bonchev–Trinajstić information content (AvgIpc) is 1.87. The van der Waals surface area contributed by atoms with E-state index in [1.165, 1.54) is 0 Å². The smallest absolute Gasteiger partial charge is 0.0620 e. The van der Waals surface area contributed by atoms with E-state index in [1.54, 1.807) is 0 Å². The molecule has 0 aliphatic carbocycles. The van der Waals surface area contributed by atoms with E-state index >= 15 is 0 Å². The van der Waals surface area contributed by atoms with Crippen LogP contribution in [-0.4, -0.2) is 36.2 Å². The van der Waals surface area contributed by atoms with Crippen LogP contribution in [0.5, 0.6) is 0 Å². The van der Waals surface area contributed by atoms with Gasteiger partial charge in [0.25, 0.3) is 0 Å². The summed E-state index contributed by atoms with van der Waals surface area (Å²) in [6.45, 7) is 8.87. The maximum Gasteiger partial charge on any atom is 0.0620 e. The molecule has 12 heavy (non-hydrogen) atoms. The van der Waals surface area contributed by atoms with Gasteiger partial charge in [-0.25, -0.2) is 0 Å². The Labute approximate surface area is 76.6 Å². The summed E-state index contributed by atoms with van der Waals surface area (Å²) >= 11 is 0. The van der Waals surface area contributed by atoms with Crippen LogP contribution < -0.4 is 0 Å². The van der Waals surface area contributed by atoms with Gasteiger partial charge in [-0.1, -0.05) is 27.7 Å². The molecular weight excluding hydrogens is 150 g/mol. The summed E-state index contributed by atoms with van der Waals surface area (Å²) < 4.78 is 0. The van der Waals surface area contributed by atoms with Crippen LogP contribution in [0.3, 0.4) is 0 Å². The van der Waals surface area contributed by atoms with Crippen LogP contribution in [0.2, 0.25) is 0 Å². The molecule has 0 bridgehead atoms. The number of hydrogen-bond donors (Lipinski definition) is 1. The maximum atomic E-state index is 9.44. The molecule has 2 heteroatoms. The minimum Gasteiger partial charge on any atom is -0.394 e. The summed E-state index contributed by atoms with van der Waals surface area (Å²) in [6.07, 6.45) is 0.972. The molecule has 0 spiro atoms. The SMILES string of the molecule is CCC(CO)(N(C)C)C(C)(C)C. The van der Waals surface area contributed by atoms with Crippen molar-refractivity contribution in [3.8, 4) is 0 Å². The largest absolute Gasteiger partial charge is 0.394 e. The van der Waals surface area contributed by atoms with Crippen molar-refractivity contribution in [2.75, 3.05) is 20.7 Å². The number of rotatable bonds is 3. The van der Waals surface area contributed by atoms with Gasteiger partial charge in [-0.05, 0) is 25.9 Å². The third-order valence-corrected chi connectivity index (χ3v) is 3.10. The first kappa shape index (κ1) is 11.9. The zero-order chi connectivity index (χ0) is 9.99. The highest BCUT2D eigenvalue weighted by Gasteiger charge is 2.41. The van der Waals surface area contributed by atoms with Gasteiger partial charge in [0.2, 0.25) is 0 Å². The Morgan fingerprint density at radius 2 is 1.58 bits per heavy atom. The minimum absolute atomic E-state index is 0.0903. The van der Waals surface area contributed by atoms with E-state index in [4.69, 9.17) is 0 Å². The summed E-state index contributed by atoms with van der Waals surface area (Å²) in [4.78, 5) is 2.13. The Kier molecular flexibility index (Phi) is 3.73. The van der Waals surface area contributed by atoms with E-state index < -0.39 is 0 Å². The molecule has 0 fully saturated rings. The summed E-state index contributed by atoms with van der Waals surface area (Å²) in [5.74, 6) is 0. The topological polar surface area (TPSA) is 23.5 Å². The molecule has 0 saturated carbocycles. The zero-order valence-electron chi connectivity index (χ0n) is 9.31. The number of nitrogens with zero attached hydrogens (tertiary/aromatic N) is 1. The Hall–Kier alpha value is -0.0800. The predicted octanol–water partition coefficient (Wildman–Crippen LogP) is 1.74. The van der Waals surface area contributed by atoms with E-state index in [-0.39, 0.29) is 17.6 Å². The Balaban J connectivity index is 4.83. The van der Waals surface area contributed by atoms with Crippen LogP contribution in [0.1, 0.15) is 34.1 Å². The second-order valence-electron chi connectivity index (χ2n) is 4.69. The fourth-order valence-electron chi connectivity index (χ4n) is 2.01. The van der Waals surface area contributed by atoms with Crippen molar-refractivity contribution in [3.05, 3.63) is 0 Å². The molecule has 0 aromatic carbocycles. The molecule has 1 N–H and O–H groups in total. The van der Waals surface area contributed by atoms with Crippen LogP contribution >= 0.6 is 0 Å². The number of hydrogen-bond acceptors (Lipinski definition) is 2. The third-order valence-electron chi connectivity index (χ3n) is 3.10. The fraction of sp³-hybridized carbons (Fsp3) is 1.00. The van der Waals surface area contributed by atoms with Crippen LogP contribution in [0.4, 0.5) is 0 Å². The lowest BCUT2D eigenvalue weighted by Crippen LogP contribution is -2.56. The summed E-state index contributed by atoms with van der Waals surface area (Å²) in [6, 6.07) is 0. The van der Waals surface area contributed by atoms with E-state index in [0.29, 0.717) is 0 Å². The maximum absolute atomic E-state index is 9.44. The average molecular weight is 173 g/mol. The number of aliphatic hydroxyl groups excluding tert-OH is 1. The van der Waals surface area contributed by atoms with Gasteiger partial charge in [-0.3, -0.25) is 0 Å². The first-order chi connectivity index (χ1) is 5.31. The molecule has 0 heterocycles. The molecule has 0 radical (unpaired) electrons. The van der Waals surface area contributed by atoms with E-state index in [1.807, 2.05) is 14.1 Å². The van der Waals surface area contributed by atoms with Gasteiger partial charge in [0.15, 0.2) is 0 Å². The Bertz CT molecular complexity index is 131. The van der Waals surface area contributed by atoms with Crippen LogP contribution in [0, 0.1) is 5.41 Å². The molecule has 0 aromatic heterocycles. The van der Waals surface area contributed by atoms with Crippen molar-refractivity contribution in [1.29, 1.82) is 0 Å². The van der Waals surface area contributed by atoms with E-state index in [9.17, 15) is 5.11 Å². The van der Waals surface area contributed by atoms with Gasteiger partial charge in [0.1, 0.15) is 0 Å². The lowest BCUT2D eigenvalue weighted by Gasteiger charge is -2.48. The molecule has 2 nitrogen and oxygen atoms in total. The molecule has 0 aliphatic rings. The molecule has 1 atom stereocenters. The van der Waals surface area contributed by atoms with Gasteiger partial charge < -0.3 is 10.0 Å². The van der Waals surface area contributed by atoms with Crippen LogP contribution in [0.15, 0.2) is 0 Å². The van der Waals surface area contributed by atoms with Gasteiger partial charge >= 0.3 is 0 Å². The highest BCUT2D eigenvalue weighted by atomic mass is 16.3. The molecule has 0 aromatic rings. The zero-order valence-corrected chi connectivity index (χ0v) is 9.31. The minimum atomic E-state index is -0.0903. The standard InChI is InChI=1S/C10H23NO/c1-7-10(8-12,11(5)6)9(2,3)4/h12H,7-8H2,1-6H3. The summed E-state index contributed by atoms with van der Waals surface area (Å²) in [5, 5.41) is 9.44. The number of aliphatic hydroxyl groups is 1. The van der Waals surface area contributed by atoms with Crippen LogP contribution in [0.25, 0.3) is 0 Å². The lowest BCUT2D eigenvalue weighted by molar-refractivity contribution is -0.0233. The van der Waals surface area contributed by atoms with Crippen LogP contribution in [-0.2, 0) is 0 Å². The molecule has 0 aliphatic heterocycles. The Morgan fingerprint density at radius 1 is 1.17 bits per heavy atom. The fourth-order valence-corrected chi connectivity index (χ4v) is 2.01. The molecule has 0 rings (SSSR count). The van der Waals surface area contributed by atoms with E-state index in [0.717, 1.165) is 6.42 Å². The third kappa shape index (κ3) is 1.80. The van der Waals surface area contributed by atoms with Crippen molar-refractivity contribution in [3.63, 3.8) is 0 Å². The first-order valence-corrected chi connectivity index (χ1v) is 4.60. The van der Waals surface area contributed by atoms with Gasteiger partial charge in [0.05, 0.1) is 6.61 Å². The van der Waals surface area contributed by atoms with Gasteiger partial charge in [-0.15, -0.1) is 0 Å². The van der Waals surface area contributed by atoms with Crippen molar-refractivity contribution in [2.45, 2.75) is 39.7 Å². The van der Waals surface area contributed by atoms with Crippen molar-refractivity contribution < 1.29 is 5.11 Å². The van der Waals surface area contributed by atoms with Gasteiger partial charge in [-0.2, -0.15) is 0 Å². The lowest BCUT2D eigenvalue weighted by atomic mass is 9.71. The number of likely N-dealkylation sites (N-methyl/N-ethyl adjacent to an activating group) is 1. The first-order valence-electron chi connectivity index (χ1n) is 4.60. The summed E-state index contributed by atoms with van der Waals surface area (Å²) in [7, 11) is 4.07. The molecule has 1 unspecified atom stereocenters. The van der Waals surface area contributed by atoms with Crippen molar-refractivity contribution >= 4 is 0 Å². The Morgan fingerprint density at radius 3 is 1.58 bits per heavy atom. The highest BCUT2D eigenvalue weighted by Crippen LogP contribution is 2.36. The molecule has 0 amide bonds.